The quantitative estimate of drug-likeness (QED) is 0.799. The summed E-state index contributed by atoms with van der Waals surface area (Å²) in [6, 6.07) is 9.54. The smallest absolute Gasteiger partial charge is 0.410 e. The number of hydrogen-bond donors (Lipinski definition) is 0. The van der Waals surface area contributed by atoms with Crippen molar-refractivity contribution in [3.8, 4) is 0 Å². The third-order valence-electron chi connectivity index (χ3n) is 3.21. The summed E-state index contributed by atoms with van der Waals surface area (Å²) >= 11 is 0. The molecule has 1 aromatic carbocycles. The Balaban J connectivity index is 1.92. The van der Waals surface area contributed by atoms with Crippen molar-refractivity contribution in [2.24, 2.45) is 0 Å². The Labute approximate surface area is 124 Å². The van der Waals surface area contributed by atoms with Gasteiger partial charge in [0.25, 0.3) is 0 Å². The van der Waals surface area contributed by atoms with Gasteiger partial charge in [-0.1, -0.05) is 30.3 Å². The van der Waals surface area contributed by atoms with Crippen LogP contribution < -0.4 is 0 Å². The molecule has 0 radical (unpaired) electrons. The average molecular weight is 288 g/mol. The van der Waals surface area contributed by atoms with E-state index >= 15 is 0 Å². The molecule has 2 rings (SSSR count). The Morgan fingerprint density at radius 3 is 2.71 bits per heavy atom. The first-order chi connectivity index (χ1) is 10.1. The first kappa shape index (κ1) is 15.1. The fourth-order valence-corrected chi connectivity index (χ4v) is 2.16. The standard InChI is InChI=1S/C16H20N2O3/c1-17(2)10-14-11-18(9-8-15(14)19)16(20)21-12-13-6-4-3-5-7-13/h3-7,10H,8-9,11-12H2,1-2H3. The van der Waals surface area contributed by atoms with Gasteiger partial charge in [-0.15, -0.1) is 0 Å². The number of carbonyl (C=O) groups excluding carboxylic acids is 2. The Hall–Kier alpha value is -2.30. The first-order valence-corrected chi connectivity index (χ1v) is 6.92. The van der Waals surface area contributed by atoms with Gasteiger partial charge < -0.3 is 14.5 Å². The lowest BCUT2D eigenvalue weighted by Gasteiger charge is -2.27. The van der Waals surface area contributed by atoms with Gasteiger partial charge in [-0.2, -0.15) is 0 Å². The van der Waals surface area contributed by atoms with Crippen molar-refractivity contribution >= 4 is 11.9 Å². The van der Waals surface area contributed by atoms with E-state index in [1.54, 1.807) is 11.1 Å². The van der Waals surface area contributed by atoms with E-state index in [1.807, 2.05) is 49.3 Å². The normalized spacial score (nSPS) is 17.0. The van der Waals surface area contributed by atoms with Crippen LogP contribution in [0.25, 0.3) is 0 Å². The van der Waals surface area contributed by atoms with Crippen LogP contribution in [0.15, 0.2) is 42.1 Å². The zero-order chi connectivity index (χ0) is 15.2. The van der Waals surface area contributed by atoms with Crippen LogP contribution >= 0.6 is 0 Å². The monoisotopic (exact) mass is 288 g/mol. The summed E-state index contributed by atoms with van der Waals surface area (Å²) in [7, 11) is 3.71. The number of nitrogens with zero attached hydrogens (tertiary/aromatic N) is 2. The van der Waals surface area contributed by atoms with Crippen LogP contribution in [0.3, 0.4) is 0 Å². The molecular formula is C16H20N2O3. The van der Waals surface area contributed by atoms with Crippen LogP contribution in [0.5, 0.6) is 0 Å². The van der Waals surface area contributed by atoms with Gasteiger partial charge >= 0.3 is 6.09 Å². The molecule has 1 heterocycles. The van der Waals surface area contributed by atoms with Crippen molar-refractivity contribution in [1.82, 2.24) is 9.80 Å². The summed E-state index contributed by atoms with van der Waals surface area (Å²) in [6.45, 7) is 0.971. The Bertz CT molecular complexity index is 538. The van der Waals surface area contributed by atoms with Crippen molar-refractivity contribution in [2.75, 3.05) is 27.2 Å². The van der Waals surface area contributed by atoms with Gasteiger partial charge in [0.1, 0.15) is 6.61 Å². The highest BCUT2D eigenvalue weighted by Crippen LogP contribution is 2.14. The van der Waals surface area contributed by atoms with Crippen LogP contribution in [-0.4, -0.2) is 48.9 Å². The van der Waals surface area contributed by atoms with E-state index in [4.69, 9.17) is 4.74 Å². The van der Waals surface area contributed by atoms with E-state index in [0.29, 0.717) is 25.1 Å². The van der Waals surface area contributed by atoms with Crippen LogP contribution in [0, 0.1) is 0 Å². The molecule has 5 nitrogen and oxygen atoms in total. The number of hydrogen-bond acceptors (Lipinski definition) is 4. The number of likely N-dealkylation sites (tertiary alicyclic amines) is 1. The van der Waals surface area contributed by atoms with Crippen LogP contribution in [0.1, 0.15) is 12.0 Å². The highest BCUT2D eigenvalue weighted by Gasteiger charge is 2.26. The lowest BCUT2D eigenvalue weighted by molar-refractivity contribution is -0.117. The number of amides is 1. The number of carbonyl (C=O) groups is 2. The van der Waals surface area contributed by atoms with E-state index in [2.05, 4.69) is 0 Å². The Morgan fingerprint density at radius 1 is 1.33 bits per heavy atom. The molecule has 0 aliphatic carbocycles. The number of ether oxygens (including phenoxy) is 1. The zero-order valence-corrected chi connectivity index (χ0v) is 12.4. The number of ketones is 1. The molecular weight excluding hydrogens is 268 g/mol. The van der Waals surface area contributed by atoms with Gasteiger partial charge in [0.15, 0.2) is 5.78 Å². The highest BCUT2D eigenvalue weighted by molar-refractivity contribution is 5.97. The number of Topliss-reactive ketones (excluding diaryl/α,β-unsaturated/α-hetero) is 1. The summed E-state index contributed by atoms with van der Waals surface area (Å²) in [5.41, 5.74) is 1.59. The van der Waals surface area contributed by atoms with Crippen molar-refractivity contribution in [2.45, 2.75) is 13.0 Å². The second-order valence-corrected chi connectivity index (χ2v) is 5.25. The summed E-state index contributed by atoms with van der Waals surface area (Å²) < 4.78 is 5.29. The average Bonchev–Trinajstić information content (AvgIpc) is 2.47. The molecule has 0 bridgehead atoms. The highest BCUT2D eigenvalue weighted by atomic mass is 16.6. The summed E-state index contributed by atoms with van der Waals surface area (Å²) in [5.74, 6) is 0.0933. The van der Waals surface area contributed by atoms with Crippen LogP contribution in [0.4, 0.5) is 4.79 Å². The maximum atomic E-state index is 12.1. The van der Waals surface area contributed by atoms with E-state index in [0.717, 1.165) is 5.56 Å². The van der Waals surface area contributed by atoms with E-state index < -0.39 is 0 Å². The maximum absolute atomic E-state index is 12.1. The predicted octanol–water partition coefficient (Wildman–Crippen LogP) is 2.04. The third kappa shape index (κ3) is 4.34. The summed E-state index contributed by atoms with van der Waals surface area (Å²) in [6.07, 6.45) is 1.73. The van der Waals surface area contributed by atoms with Crippen molar-refractivity contribution in [1.29, 1.82) is 0 Å². The molecule has 0 atom stereocenters. The Morgan fingerprint density at radius 2 is 2.05 bits per heavy atom. The summed E-state index contributed by atoms with van der Waals surface area (Å²) in [4.78, 5) is 27.2. The van der Waals surface area contributed by atoms with Crippen molar-refractivity contribution < 1.29 is 14.3 Å². The molecule has 112 valence electrons. The fraction of sp³-hybridized carbons (Fsp3) is 0.375. The second kappa shape index (κ2) is 6.92. The van der Waals surface area contributed by atoms with Crippen LogP contribution in [-0.2, 0) is 16.1 Å². The first-order valence-electron chi connectivity index (χ1n) is 6.92. The molecule has 1 amide bonds. The SMILES string of the molecule is CN(C)C=C1CN(C(=O)OCc2ccccc2)CCC1=O. The molecule has 0 unspecified atom stereocenters. The van der Waals surface area contributed by atoms with Crippen molar-refractivity contribution in [3.05, 3.63) is 47.7 Å². The van der Waals surface area contributed by atoms with Crippen molar-refractivity contribution in [3.63, 3.8) is 0 Å². The maximum Gasteiger partial charge on any atom is 0.410 e. The minimum atomic E-state index is -0.379. The van der Waals surface area contributed by atoms with E-state index in [-0.39, 0.29) is 18.5 Å². The summed E-state index contributed by atoms with van der Waals surface area (Å²) in [5, 5.41) is 0. The molecule has 0 aromatic heterocycles. The minimum absolute atomic E-state index is 0.0933. The molecule has 1 aliphatic heterocycles. The molecule has 0 spiro atoms. The lowest BCUT2D eigenvalue weighted by Crippen LogP contribution is -2.40. The van der Waals surface area contributed by atoms with E-state index in [9.17, 15) is 9.59 Å². The number of rotatable bonds is 3. The second-order valence-electron chi connectivity index (χ2n) is 5.25. The molecule has 0 saturated carbocycles. The molecule has 1 aliphatic rings. The van der Waals surface area contributed by atoms with Gasteiger partial charge in [-0.25, -0.2) is 4.79 Å². The number of benzene rings is 1. The minimum Gasteiger partial charge on any atom is -0.445 e. The van der Waals surface area contributed by atoms with Crippen LogP contribution in [0.2, 0.25) is 0 Å². The molecule has 0 N–H and O–H groups in total. The molecule has 1 aromatic rings. The van der Waals surface area contributed by atoms with E-state index in [1.165, 1.54) is 0 Å². The van der Waals surface area contributed by atoms with Gasteiger partial charge in [0.05, 0.1) is 6.54 Å². The third-order valence-corrected chi connectivity index (χ3v) is 3.21. The molecule has 21 heavy (non-hydrogen) atoms. The fourth-order valence-electron chi connectivity index (χ4n) is 2.16. The van der Waals surface area contributed by atoms with Gasteiger partial charge in [0, 0.05) is 38.8 Å². The number of piperidine rings is 1. The van der Waals surface area contributed by atoms with Gasteiger partial charge in [-0.3, -0.25) is 4.79 Å². The lowest BCUT2D eigenvalue weighted by atomic mass is 10.0. The molecule has 5 heteroatoms. The Kier molecular flexibility index (Phi) is 4.98. The molecule has 1 fully saturated rings. The van der Waals surface area contributed by atoms with Gasteiger partial charge in [-0.05, 0) is 5.56 Å². The zero-order valence-electron chi connectivity index (χ0n) is 12.4. The topological polar surface area (TPSA) is 49.9 Å². The van der Waals surface area contributed by atoms with Gasteiger partial charge in [0.2, 0.25) is 0 Å². The predicted molar refractivity (Wildman–Crippen MR) is 79.6 cm³/mol. The molecule has 1 saturated heterocycles. The largest absolute Gasteiger partial charge is 0.445 e.